The topological polar surface area (TPSA) is 54.5 Å². The first-order valence-electron chi connectivity index (χ1n) is 9.62. The number of nitrogens with zero attached hydrogens (tertiary/aromatic N) is 1. The van der Waals surface area contributed by atoms with Crippen molar-refractivity contribution in [3.8, 4) is 12.3 Å². The lowest BCUT2D eigenvalue weighted by atomic mass is 9.78. The molecule has 0 N–H and O–H groups in total. The Balaban J connectivity index is 1.95. The van der Waals surface area contributed by atoms with E-state index < -0.39 is 27.8 Å². The van der Waals surface area contributed by atoms with Gasteiger partial charge in [0.15, 0.2) is 0 Å². The maximum atomic E-state index is 13.7. The standard InChI is InChI=1S/C25H21NO3S/c1-4-21-22-10-5-6-11-23(22)26(30(28,29)20-14-12-17(2)13-15-20)25(27)24(21)19-9-7-8-18(3)16-19/h1,5-16,21,24H,2-3H3/t21-,24+/m1/s1. The van der Waals surface area contributed by atoms with Gasteiger partial charge >= 0.3 is 0 Å². The van der Waals surface area contributed by atoms with Crippen molar-refractivity contribution >= 4 is 21.6 Å². The van der Waals surface area contributed by atoms with Crippen LogP contribution < -0.4 is 4.31 Å². The predicted molar refractivity (Wildman–Crippen MR) is 118 cm³/mol. The largest absolute Gasteiger partial charge is 0.273 e. The van der Waals surface area contributed by atoms with Gasteiger partial charge in [0, 0.05) is 0 Å². The average Bonchev–Trinajstić information content (AvgIpc) is 2.72. The molecule has 0 bridgehead atoms. The summed E-state index contributed by atoms with van der Waals surface area (Å²) in [6, 6.07) is 20.9. The number of hydrogen-bond acceptors (Lipinski definition) is 3. The number of carbonyl (C=O) groups is 1. The second-order valence-electron chi connectivity index (χ2n) is 7.52. The minimum absolute atomic E-state index is 0.0680. The fourth-order valence-corrected chi connectivity index (χ4v) is 5.42. The summed E-state index contributed by atoms with van der Waals surface area (Å²) in [6.07, 6.45) is 5.86. The highest BCUT2D eigenvalue weighted by Gasteiger charge is 2.45. The van der Waals surface area contributed by atoms with Crippen LogP contribution in [0.2, 0.25) is 0 Å². The van der Waals surface area contributed by atoms with Gasteiger partial charge in [-0.1, -0.05) is 71.6 Å². The van der Waals surface area contributed by atoms with Crippen LogP contribution in [0, 0.1) is 26.2 Å². The van der Waals surface area contributed by atoms with Gasteiger partial charge in [0.25, 0.3) is 10.0 Å². The Labute approximate surface area is 177 Å². The van der Waals surface area contributed by atoms with E-state index in [1.54, 1.807) is 30.3 Å². The van der Waals surface area contributed by atoms with Crippen LogP contribution in [-0.2, 0) is 14.8 Å². The zero-order valence-electron chi connectivity index (χ0n) is 16.7. The summed E-state index contributed by atoms with van der Waals surface area (Å²) in [5, 5.41) is 0. The molecule has 0 unspecified atom stereocenters. The molecule has 150 valence electrons. The molecule has 0 fully saturated rings. The molecule has 0 saturated carbocycles. The van der Waals surface area contributed by atoms with Crippen molar-refractivity contribution in [3.05, 3.63) is 95.1 Å². The van der Waals surface area contributed by atoms with Crippen molar-refractivity contribution in [2.24, 2.45) is 0 Å². The Kier molecular flexibility index (Phi) is 4.97. The molecular formula is C25H21NO3S. The smallest absolute Gasteiger partial charge is 0.270 e. The third-order valence-electron chi connectivity index (χ3n) is 5.43. The average molecular weight is 416 g/mol. The van der Waals surface area contributed by atoms with Crippen LogP contribution in [0.5, 0.6) is 0 Å². The molecule has 0 spiro atoms. The summed E-state index contributed by atoms with van der Waals surface area (Å²) in [7, 11) is -4.11. The number of benzene rings is 3. The molecule has 1 aliphatic rings. The lowest BCUT2D eigenvalue weighted by Crippen LogP contribution is -2.45. The Morgan fingerprint density at radius 1 is 0.900 bits per heavy atom. The monoisotopic (exact) mass is 415 g/mol. The lowest BCUT2D eigenvalue weighted by Gasteiger charge is -2.37. The number of hydrogen-bond donors (Lipinski definition) is 0. The van der Waals surface area contributed by atoms with Crippen LogP contribution in [0.1, 0.15) is 34.1 Å². The maximum absolute atomic E-state index is 13.7. The van der Waals surface area contributed by atoms with E-state index >= 15 is 0 Å². The number of amides is 1. The number of sulfonamides is 1. The lowest BCUT2D eigenvalue weighted by molar-refractivity contribution is -0.119. The van der Waals surface area contributed by atoms with Gasteiger partial charge in [0.1, 0.15) is 0 Å². The van der Waals surface area contributed by atoms with Gasteiger partial charge in [-0.2, -0.15) is 0 Å². The first-order chi connectivity index (χ1) is 14.3. The van der Waals surface area contributed by atoms with Crippen molar-refractivity contribution in [2.75, 3.05) is 4.31 Å². The minimum atomic E-state index is -4.11. The zero-order chi connectivity index (χ0) is 21.5. The molecule has 3 aromatic rings. The second-order valence-corrected chi connectivity index (χ2v) is 9.30. The first-order valence-corrected chi connectivity index (χ1v) is 11.1. The highest BCUT2D eigenvalue weighted by Crippen LogP contribution is 2.46. The van der Waals surface area contributed by atoms with E-state index in [1.807, 2.05) is 44.2 Å². The van der Waals surface area contributed by atoms with E-state index in [-0.39, 0.29) is 4.90 Å². The third kappa shape index (κ3) is 3.20. The third-order valence-corrected chi connectivity index (χ3v) is 7.16. The number of fused-ring (bicyclic) bond motifs is 1. The predicted octanol–water partition coefficient (Wildman–Crippen LogP) is 4.54. The van der Waals surface area contributed by atoms with E-state index in [2.05, 4.69) is 5.92 Å². The maximum Gasteiger partial charge on any atom is 0.270 e. The summed E-state index contributed by atoms with van der Waals surface area (Å²) < 4.78 is 28.1. The molecule has 3 aromatic carbocycles. The number of terminal acetylenes is 1. The van der Waals surface area contributed by atoms with Crippen molar-refractivity contribution in [1.29, 1.82) is 0 Å². The van der Waals surface area contributed by atoms with E-state index in [0.717, 1.165) is 15.4 Å². The summed E-state index contributed by atoms with van der Waals surface area (Å²) in [5.41, 5.74) is 3.59. The SMILES string of the molecule is C#C[C@@H]1c2ccccc2N(S(=O)(=O)c2ccc(C)cc2)C(=O)[C@H]1c1cccc(C)c1. The van der Waals surface area contributed by atoms with Crippen LogP contribution in [0.25, 0.3) is 0 Å². The molecule has 30 heavy (non-hydrogen) atoms. The van der Waals surface area contributed by atoms with E-state index in [9.17, 15) is 13.2 Å². The molecule has 0 saturated heterocycles. The van der Waals surface area contributed by atoms with Crippen LogP contribution in [0.15, 0.2) is 77.7 Å². The first kappa shape index (κ1) is 19.9. The van der Waals surface area contributed by atoms with Crippen LogP contribution in [0.3, 0.4) is 0 Å². The Bertz CT molecular complexity index is 1270. The molecule has 1 amide bonds. The molecule has 5 heteroatoms. The minimum Gasteiger partial charge on any atom is -0.273 e. The van der Waals surface area contributed by atoms with Gasteiger partial charge in [0.2, 0.25) is 5.91 Å². The number of rotatable bonds is 3. The van der Waals surface area contributed by atoms with Crippen LogP contribution in [-0.4, -0.2) is 14.3 Å². The fraction of sp³-hybridized carbons (Fsp3) is 0.160. The van der Waals surface area contributed by atoms with Gasteiger partial charge in [-0.3, -0.25) is 4.79 Å². The molecular weight excluding hydrogens is 394 g/mol. The number of anilines is 1. The summed E-state index contributed by atoms with van der Waals surface area (Å²) in [5.74, 6) is 0.854. The fourth-order valence-electron chi connectivity index (χ4n) is 3.95. The highest BCUT2D eigenvalue weighted by molar-refractivity contribution is 7.93. The van der Waals surface area contributed by atoms with Gasteiger partial charge < -0.3 is 0 Å². The Hall–Kier alpha value is -3.36. The Morgan fingerprint density at radius 3 is 2.27 bits per heavy atom. The van der Waals surface area contributed by atoms with E-state index in [4.69, 9.17) is 6.42 Å². The van der Waals surface area contributed by atoms with Gasteiger partial charge in [-0.05, 0) is 43.2 Å². The Morgan fingerprint density at radius 2 is 1.60 bits per heavy atom. The van der Waals surface area contributed by atoms with Gasteiger partial charge in [0.05, 0.1) is 22.4 Å². The van der Waals surface area contributed by atoms with Crippen LogP contribution >= 0.6 is 0 Å². The highest BCUT2D eigenvalue weighted by atomic mass is 32.2. The quantitative estimate of drug-likeness (QED) is 0.590. The molecule has 4 nitrogen and oxygen atoms in total. The summed E-state index contributed by atoms with van der Waals surface area (Å²) in [6.45, 7) is 3.81. The van der Waals surface area contributed by atoms with E-state index in [0.29, 0.717) is 16.8 Å². The second kappa shape index (κ2) is 7.47. The molecule has 0 aromatic heterocycles. The number of carbonyl (C=O) groups excluding carboxylic acids is 1. The van der Waals surface area contributed by atoms with Crippen LogP contribution in [0.4, 0.5) is 5.69 Å². The van der Waals surface area contributed by atoms with Crippen molar-refractivity contribution in [1.82, 2.24) is 0 Å². The van der Waals surface area contributed by atoms with Crippen molar-refractivity contribution < 1.29 is 13.2 Å². The van der Waals surface area contributed by atoms with Crippen molar-refractivity contribution in [3.63, 3.8) is 0 Å². The molecule has 4 rings (SSSR count). The zero-order valence-corrected chi connectivity index (χ0v) is 17.6. The normalized spacial score (nSPS) is 18.6. The molecule has 0 aliphatic carbocycles. The molecule has 1 aliphatic heterocycles. The van der Waals surface area contributed by atoms with Crippen molar-refractivity contribution in [2.45, 2.75) is 30.6 Å². The molecule has 0 radical (unpaired) electrons. The summed E-state index contributed by atoms with van der Waals surface area (Å²) in [4.78, 5) is 13.8. The summed E-state index contributed by atoms with van der Waals surface area (Å²) >= 11 is 0. The number of aryl methyl sites for hydroxylation is 2. The van der Waals surface area contributed by atoms with Gasteiger partial charge in [-0.25, -0.2) is 12.7 Å². The number of para-hydroxylation sites is 1. The van der Waals surface area contributed by atoms with E-state index in [1.165, 1.54) is 12.1 Å². The van der Waals surface area contributed by atoms with Gasteiger partial charge in [-0.15, -0.1) is 6.42 Å². The molecule has 2 atom stereocenters. The molecule has 1 heterocycles.